The van der Waals surface area contributed by atoms with Crippen LogP contribution in [0.3, 0.4) is 0 Å². The number of non-ortho nitro benzene ring substituents is 1. The third kappa shape index (κ3) is 3.72. The summed E-state index contributed by atoms with van der Waals surface area (Å²) in [4.78, 5) is 10.2. The summed E-state index contributed by atoms with van der Waals surface area (Å²) in [6.07, 6.45) is 0.463. The van der Waals surface area contributed by atoms with Gasteiger partial charge in [-0.05, 0) is 29.7 Å². The molecule has 0 N–H and O–H groups in total. The van der Waals surface area contributed by atoms with Crippen LogP contribution in [0.15, 0.2) is 42.5 Å². The van der Waals surface area contributed by atoms with Gasteiger partial charge in [0.2, 0.25) is 0 Å². The SMILES string of the molecule is N#CC(Cc1ccc(Cl)c(Cl)c1)c1ccc([N+](=O)[O-])cc1. The molecule has 2 aromatic rings. The molecule has 6 heteroatoms. The molecule has 106 valence electrons. The Morgan fingerprint density at radius 1 is 1.14 bits per heavy atom. The molecule has 0 radical (unpaired) electrons. The first-order valence-corrected chi connectivity index (χ1v) is 6.84. The third-order valence-corrected chi connectivity index (χ3v) is 3.82. The maximum Gasteiger partial charge on any atom is 0.269 e. The van der Waals surface area contributed by atoms with Gasteiger partial charge in [0.1, 0.15) is 0 Å². The summed E-state index contributed by atoms with van der Waals surface area (Å²) in [5.74, 6) is -0.400. The standard InChI is InChI=1S/C15H10Cl2N2O2/c16-14-6-1-10(8-15(14)17)7-12(9-18)11-2-4-13(5-3-11)19(20)21/h1-6,8,12H,7H2. The van der Waals surface area contributed by atoms with Crippen LogP contribution in [-0.4, -0.2) is 4.92 Å². The molecule has 0 spiro atoms. The number of nitro groups is 1. The fourth-order valence-electron chi connectivity index (χ4n) is 1.97. The topological polar surface area (TPSA) is 66.9 Å². The molecule has 0 saturated carbocycles. The van der Waals surface area contributed by atoms with Gasteiger partial charge >= 0.3 is 0 Å². The molecule has 0 heterocycles. The lowest BCUT2D eigenvalue weighted by molar-refractivity contribution is -0.384. The van der Waals surface area contributed by atoms with Crippen LogP contribution in [0.1, 0.15) is 17.0 Å². The first-order valence-electron chi connectivity index (χ1n) is 6.09. The number of nitro benzene ring substituents is 1. The van der Waals surface area contributed by atoms with Crippen LogP contribution < -0.4 is 0 Å². The Morgan fingerprint density at radius 2 is 1.81 bits per heavy atom. The minimum absolute atomic E-state index is 0.00461. The predicted octanol–water partition coefficient (Wildman–Crippen LogP) is 4.75. The Bertz CT molecular complexity index is 709. The summed E-state index contributed by atoms with van der Waals surface area (Å²) in [6, 6.07) is 13.4. The Hall–Kier alpha value is -2.09. The number of rotatable bonds is 4. The lowest BCUT2D eigenvalue weighted by atomic mass is 9.93. The predicted molar refractivity (Wildman–Crippen MR) is 81.6 cm³/mol. The third-order valence-electron chi connectivity index (χ3n) is 3.09. The second-order valence-electron chi connectivity index (χ2n) is 4.48. The maximum atomic E-state index is 10.6. The Kier molecular flexibility index (Phi) is 4.79. The highest BCUT2D eigenvalue weighted by molar-refractivity contribution is 6.42. The van der Waals surface area contributed by atoms with Crippen molar-refractivity contribution >= 4 is 28.9 Å². The van der Waals surface area contributed by atoms with E-state index in [-0.39, 0.29) is 5.69 Å². The number of nitrogens with zero attached hydrogens (tertiary/aromatic N) is 2. The van der Waals surface area contributed by atoms with Gasteiger partial charge in [0, 0.05) is 12.1 Å². The van der Waals surface area contributed by atoms with Gasteiger partial charge in [-0.25, -0.2) is 0 Å². The van der Waals surface area contributed by atoms with Crippen molar-refractivity contribution in [3.8, 4) is 6.07 Å². The zero-order valence-electron chi connectivity index (χ0n) is 10.8. The minimum atomic E-state index is -0.468. The van der Waals surface area contributed by atoms with Crippen molar-refractivity contribution in [2.75, 3.05) is 0 Å². The second kappa shape index (κ2) is 6.57. The lowest BCUT2D eigenvalue weighted by Crippen LogP contribution is -2.01. The Labute approximate surface area is 131 Å². The lowest BCUT2D eigenvalue weighted by Gasteiger charge is -2.10. The second-order valence-corrected chi connectivity index (χ2v) is 5.30. The molecular weight excluding hydrogens is 311 g/mol. The van der Waals surface area contributed by atoms with E-state index in [9.17, 15) is 15.4 Å². The highest BCUT2D eigenvalue weighted by Crippen LogP contribution is 2.27. The van der Waals surface area contributed by atoms with Crippen molar-refractivity contribution < 1.29 is 4.92 Å². The molecular formula is C15H10Cl2N2O2. The number of halogens is 2. The zero-order valence-corrected chi connectivity index (χ0v) is 12.3. The van der Waals surface area contributed by atoms with Gasteiger partial charge in [0.15, 0.2) is 0 Å². The van der Waals surface area contributed by atoms with Gasteiger partial charge in [-0.15, -0.1) is 0 Å². The molecule has 1 atom stereocenters. The molecule has 2 aromatic carbocycles. The van der Waals surface area contributed by atoms with Crippen molar-refractivity contribution in [1.29, 1.82) is 5.26 Å². The smallest absolute Gasteiger partial charge is 0.258 e. The fraction of sp³-hybridized carbons (Fsp3) is 0.133. The number of hydrogen-bond donors (Lipinski definition) is 0. The maximum absolute atomic E-state index is 10.6. The first kappa shape index (κ1) is 15.3. The van der Waals surface area contributed by atoms with E-state index in [1.165, 1.54) is 12.1 Å². The van der Waals surface area contributed by atoms with E-state index in [1.54, 1.807) is 24.3 Å². The van der Waals surface area contributed by atoms with Gasteiger partial charge in [0.05, 0.1) is 27.0 Å². The van der Waals surface area contributed by atoms with E-state index < -0.39 is 10.8 Å². The molecule has 0 aliphatic heterocycles. The normalized spacial score (nSPS) is 11.7. The number of hydrogen-bond acceptors (Lipinski definition) is 3. The van der Waals surface area contributed by atoms with Crippen molar-refractivity contribution in [2.45, 2.75) is 12.3 Å². The highest BCUT2D eigenvalue weighted by Gasteiger charge is 2.14. The largest absolute Gasteiger partial charge is 0.269 e. The van der Waals surface area contributed by atoms with E-state index in [2.05, 4.69) is 6.07 Å². The summed E-state index contributed by atoms with van der Waals surface area (Å²) in [7, 11) is 0. The fourth-order valence-corrected chi connectivity index (χ4v) is 2.29. The van der Waals surface area contributed by atoms with Crippen molar-refractivity contribution in [1.82, 2.24) is 0 Å². The molecule has 0 amide bonds. The van der Waals surface area contributed by atoms with Gasteiger partial charge in [0.25, 0.3) is 5.69 Å². The van der Waals surface area contributed by atoms with Crippen LogP contribution in [0.2, 0.25) is 10.0 Å². The summed E-state index contributed by atoms with van der Waals surface area (Å²) in [5, 5.41) is 20.8. The molecule has 4 nitrogen and oxygen atoms in total. The van der Waals surface area contributed by atoms with Crippen LogP contribution >= 0.6 is 23.2 Å². The monoisotopic (exact) mass is 320 g/mol. The van der Waals surface area contributed by atoms with Gasteiger partial charge in [-0.2, -0.15) is 5.26 Å². The molecule has 2 rings (SSSR count). The summed E-state index contributed by atoms with van der Waals surface area (Å²) in [5.41, 5.74) is 1.62. The van der Waals surface area contributed by atoms with E-state index in [4.69, 9.17) is 23.2 Å². The molecule has 0 aromatic heterocycles. The van der Waals surface area contributed by atoms with Gasteiger partial charge in [-0.1, -0.05) is 41.4 Å². The van der Waals surface area contributed by atoms with Crippen LogP contribution in [0.5, 0.6) is 0 Å². The first-order chi connectivity index (χ1) is 10.0. The molecule has 0 aliphatic rings. The summed E-state index contributed by atoms with van der Waals surface area (Å²) in [6.45, 7) is 0. The number of nitriles is 1. The molecule has 0 aliphatic carbocycles. The minimum Gasteiger partial charge on any atom is -0.258 e. The van der Waals surface area contributed by atoms with Crippen molar-refractivity contribution in [3.63, 3.8) is 0 Å². The van der Waals surface area contributed by atoms with E-state index >= 15 is 0 Å². The Morgan fingerprint density at radius 3 is 2.33 bits per heavy atom. The average Bonchev–Trinajstić information content (AvgIpc) is 2.48. The van der Waals surface area contributed by atoms with Crippen LogP contribution in [0, 0.1) is 21.4 Å². The highest BCUT2D eigenvalue weighted by atomic mass is 35.5. The summed E-state index contributed by atoms with van der Waals surface area (Å²) >= 11 is 11.8. The quantitative estimate of drug-likeness (QED) is 0.603. The summed E-state index contributed by atoms with van der Waals surface area (Å²) < 4.78 is 0. The number of benzene rings is 2. The molecule has 1 unspecified atom stereocenters. The van der Waals surface area contributed by atoms with E-state index in [0.29, 0.717) is 16.5 Å². The average molecular weight is 321 g/mol. The molecule has 0 saturated heterocycles. The molecule has 0 fully saturated rings. The van der Waals surface area contributed by atoms with Gasteiger partial charge < -0.3 is 0 Å². The van der Waals surface area contributed by atoms with Crippen LogP contribution in [0.25, 0.3) is 0 Å². The van der Waals surface area contributed by atoms with Crippen molar-refractivity contribution in [3.05, 3.63) is 73.8 Å². The van der Waals surface area contributed by atoms with Crippen LogP contribution in [-0.2, 0) is 6.42 Å². The molecule has 21 heavy (non-hydrogen) atoms. The van der Waals surface area contributed by atoms with Gasteiger partial charge in [-0.3, -0.25) is 10.1 Å². The van der Waals surface area contributed by atoms with E-state index in [1.807, 2.05) is 6.07 Å². The zero-order chi connectivity index (χ0) is 15.4. The van der Waals surface area contributed by atoms with Crippen molar-refractivity contribution in [2.24, 2.45) is 0 Å². The van der Waals surface area contributed by atoms with E-state index in [0.717, 1.165) is 11.1 Å². The molecule has 0 bridgehead atoms. The Balaban J connectivity index is 2.21. The van der Waals surface area contributed by atoms with Crippen LogP contribution in [0.4, 0.5) is 5.69 Å².